The molecule has 3 N–H and O–H groups in total. The SMILES string of the molecule is CNc1ncc(Br)c(NCCSCCCO)n1. The fraction of sp³-hybridized carbons (Fsp3) is 0.600. The van der Waals surface area contributed by atoms with Gasteiger partial charge in [-0.05, 0) is 28.1 Å². The summed E-state index contributed by atoms with van der Waals surface area (Å²) in [6, 6.07) is 0. The molecule has 0 aliphatic carbocycles. The summed E-state index contributed by atoms with van der Waals surface area (Å²) in [6.07, 6.45) is 2.58. The maximum absolute atomic E-state index is 8.64. The zero-order valence-corrected chi connectivity index (χ0v) is 12.1. The van der Waals surface area contributed by atoms with Crippen LogP contribution >= 0.6 is 27.7 Å². The molecule has 7 heteroatoms. The van der Waals surface area contributed by atoms with Crippen molar-refractivity contribution in [2.75, 3.05) is 42.3 Å². The van der Waals surface area contributed by atoms with Gasteiger partial charge in [0.05, 0.1) is 4.47 Å². The van der Waals surface area contributed by atoms with Crippen LogP contribution < -0.4 is 10.6 Å². The van der Waals surface area contributed by atoms with Crippen molar-refractivity contribution >= 4 is 39.5 Å². The molecule has 1 heterocycles. The molecule has 0 bridgehead atoms. The minimum absolute atomic E-state index is 0.267. The maximum Gasteiger partial charge on any atom is 0.224 e. The van der Waals surface area contributed by atoms with E-state index in [4.69, 9.17) is 5.11 Å². The Morgan fingerprint density at radius 2 is 2.29 bits per heavy atom. The Bertz CT molecular complexity index is 340. The van der Waals surface area contributed by atoms with Crippen molar-refractivity contribution in [1.82, 2.24) is 9.97 Å². The Hall–Kier alpha value is -0.530. The molecule has 1 aromatic heterocycles. The summed E-state index contributed by atoms with van der Waals surface area (Å²) in [5.41, 5.74) is 0. The number of thioether (sulfide) groups is 1. The van der Waals surface area contributed by atoms with E-state index in [0.717, 1.165) is 34.8 Å². The summed E-state index contributed by atoms with van der Waals surface area (Å²) in [6.45, 7) is 1.11. The smallest absolute Gasteiger partial charge is 0.224 e. The predicted octanol–water partition coefficient (Wildman–Crippen LogP) is 1.81. The lowest BCUT2D eigenvalue weighted by atomic mass is 10.5. The number of rotatable bonds is 8. The van der Waals surface area contributed by atoms with Crippen LogP contribution in [0.3, 0.4) is 0 Å². The van der Waals surface area contributed by atoms with Crippen molar-refractivity contribution in [2.45, 2.75) is 6.42 Å². The molecule has 0 saturated carbocycles. The number of nitrogens with one attached hydrogen (secondary N) is 2. The number of aromatic nitrogens is 2. The van der Waals surface area contributed by atoms with Crippen LogP contribution in [0, 0.1) is 0 Å². The number of aliphatic hydroxyl groups is 1. The van der Waals surface area contributed by atoms with Crippen LogP contribution in [0.5, 0.6) is 0 Å². The third kappa shape index (κ3) is 5.56. The van der Waals surface area contributed by atoms with E-state index in [0.29, 0.717) is 5.95 Å². The van der Waals surface area contributed by atoms with Crippen molar-refractivity contribution in [2.24, 2.45) is 0 Å². The Balaban J connectivity index is 2.30. The maximum atomic E-state index is 8.64. The highest BCUT2D eigenvalue weighted by Crippen LogP contribution is 2.19. The molecule has 0 amide bonds. The lowest BCUT2D eigenvalue weighted by Gasteiger charge is -2.08. The van der Waals surface area contributed by atoms with Crippen LogP contribution in [0.1, 0.15) is 6.42 Å². The molecule has 0 aromatic carbocycles. The highest BCUT2D eigenvalue weighted by atomic mass is 79.9. The lowest BCUT2D eigenvalue weighted by molar-refractivity contribution is 0.296. The van der Waals surface area contributed by atoms with Crippen LogP contribution in [0.2, 0.25) is 0 Å². The van der Waals surface area contributed by atoms with Crippen molar-refractivity contribution < 1.29 is 5.11 Å². The van der Waals surface area contributed by atoms with Gasteiger partial charge in [0.1, 0.15) is 5.82 Å². The molecule has 0 aliphatic heterocycles. The first kappa shape index (κ1) is 14.5. The molecule has 0 atom stereocenters. The van der Waals surface area contributed by atoms with E-state index < -0.39 is 0 Å². The first-order valence-electron chi connectivity index (χ1n) is 5.40. The summed E-state index contributed by atoms with van der Waals surface area (Å²) >= 11 is 5.21. The van der Waals surface area contributed by atoms with E-state index in [1.807, 2.05) is 11.8 Å². The highest BCUT2D eigenvalue weighted by Gasteiger charge is 2.02. The molecule has 1 rings (SSSR count). The van der Waals surface area contributed by atoms with Gasteiger partial charge in [-0.1, -0.05) is 0 Å². The average Bonchev–Trinajstić information content (AvgIpc) is 2.35. The second kappa shape index (κ2) is 8.54. The molecular weight excluding hydrogens is 304 g/mol. The van der Waals surface area contributed by atoms with Gasteiger partial charge >= 0.3 is 0 Å². The first-order valence-corrected chi connectivity index (χ1v) is 7.35. The van der Waals surface area contributed by atoms with E-state index >= 15 is 0 Å². The number of hydrogen-bond acceptors (Lipinski definition) is 6. The Labute approximate surface area is 114 Å². The molecule has 0 saturated heterocycles. The summed E-state index contributed by atoms with van der Waals surface area (Å²) < 4.78 is 0.858. The molecule has 0 radical (unpaired) electrons. The average molecular weight is 321 g/mol. The number of aliphatic hydroxyl groups excluding tert-OH is 1. The van der Waals surface area contributed by atoms with Gasteiger partial charge in [-0.15, -0.1) is 0 Å². The Kier molecular flexibility index (Phi) is 7.30. The van der Waals surface area contributed by atoms with Gasteiger partial charge in [0.25, 0.3) is 0 Å². The number of halogens is 1. The van der Waals surface area contributed by atoms with Crippen LogP contribution in [0.4, 0.5) is 11.8 Å². The second-order valence-corrected chi connectivity index (χ2v) is 5.34. The van der Waals surface area contributed by atoms with Gasteiger partial charge in [-0.25, -0.2) is 4.98 Å². The van der Waals surface area contributed by atoms with E-state index in [1.54, 1.807) is 13.2 Å². The third-order valence-corrected chi connectivity index (χ3v) is 3.60. The molecule has 0 aliphatic rings. The minimum atomic E-state index is 0.267. The van der Waals surface area contributed by atoms with Crippen molar-refractivity contribution in [3.8, 4) is 0 Å². The largest absolute Gasteiger partial charge is 0.396 e. The predicted molar refractivity (Wildman–Crippen MR) is 76.8 cm³/mol. The lowest BCUT2D eigenvalue weighted by Crippen LogP contribution is -2.08. The minimum Gasteiger partial charge on any atom is -0.396 e. The standard InChI is InChI=1S/C10H17BrN4OS/c1-12-10-14-7-8(11)9(15-10)13-3-6-17-5-2-4-16/h7,16H,2-6H2,1H3,(H2,12,13,14,15). The van der Waals surface area contributed by atoms with Crippen molar-refractivity contribution in [3.05, 3.63) is 10.7 Å². The van der Waals surface area contributed by atoms with Gasteiger partial charge < -0.3 is 15.7 Å². The zero-order chi connectivity index (χ0) is 12.5. The summed E-state index contributed by atoms with van der Waals surface area (Å²) in [5, 5.41) is 14.8. The molecule has 0 spiro atoms. The number of hydrogen-bond donors (Lipinski definition) is 3. The molecule has 1 aromatic rings. The second-order valence-electron chi connectivity index (χ2n) is 3.26. The van der Waals surface area contributed by atoms with E-state index in [2.05, 4.69) is 36.5 Å². The molecule has 0 unspecified atom stereocenters. The van der Waals surface area contributed by atoms with Crippen molar-refractivity contribution in [3.63, 3.8) is 0 Å². The third-order valence-electron chi connectivity index (χ3n) is 1.95. The fourth-order valence-electron chi connectivity index (χ4n) is 1.12. The Morgan fingerprint density at radius 1 is 1.47 bits per heavy atom. The highest BCUT2D eigenvalue weighted by molar-refractivity contribution is 9.10. The van der Waals surface area contributed by atoms with Gasteiger partial charge in [0.2, 0.25) is 5.95 Å². The van der Waals surface area contributed by atoms with Crippen LogP contribution in [0.15, 0.2) is 10.7 Å². The van der Waals surface area contributed by atoms with Gasteiger partial charge in [-0.2, -0.15) is 16.7 Å². The van der Waals surface area contributed by atoms with Crippen LogP contribution in [-0.2, 0) is 0 Å². The topological polar surface area (TPSA) is 70.1 Å². The van der Waals surface area contributed by atoms with Gasteiger partial charge in [-0.3, -0.25) is 0 Å². The molecule has 96 valence electrons. The fourth-order valence-corrected chi connectivity index (χ4v) is 2.24. The van der Waals surface area contributed by atoms with E-state index in [9.17, 15) is 0 Å². The zero-order valence-electron chi connectivity index (χ0n) is 9.74. The molecular formula is C10H17BrN4OS. The van der Waals surface area contributed by atoms with Gasteiger partial charge in [0.15, 0.2) is 0 Å². The molecule has 0 fully saturated rings. The molecule has 5 nitrogen and oxygen atoms in total. The van der Waals surface area contributed by atoms with Gasteiger partial charge in [0, 0.05) is 32.1 Å². The number of nitrogens with zero attached hydrogens (tertiary/aromatic N) is 2. The summed E-state index contributed by atoms with van der Waals surface area (Å²) in [5.74, 6) is 3.38. The summed E-state index contributed by atoms with van der Waals surface area (Å²) in [7, 11) is 1.79. The van der Waals surface area contributed by atoms with E-state index in [-0.39, 0.29) is 6.61 Å². The van der Waals surface area contributed by atoms with E-state index in [1.165, 1.54) is 0 Å². The Morgan fingerprint density at radius 3 is 3.00 bits per heavy atom. The monoisotopic (exact) mass is 320 g/mol. The van der Waals surface area contributed by atoms with Crippen molar-refractivity contribution in [1.29, 1.82) is 0 Å². The number of anilines is 2. The molecule has 17 heavy (non-hydrogen) atoms. The summed E-state index contributed by atoms with van der Waals surface area (Å²) in [4.78, 5) is 8.38. The van der Waals surface area contributed by atoms with Crippen LogP contribution in [0.25, 0.3) is 0 Å². The quantitative estimate of drug-likeness (QED) is 0.635. The normalized spacial score (nSPS) is 10.3. The van der Waals surface area contributed by atoms with Crippen LogP contribution in [-0.4, -0.2) is 46.8 Å². The first-order chi connectivity index (χ1) is 8.27.